The van der Waals surface area contributed by atoms with Crippen molar-refractivity contribution in [2.24, 2.45) is 0 Å². The molecule has 0 radical (unpaired) electrons. The standard InChI is InChI=1S/C12H12N2O3S/c1-8-13-10(7-18-8)4-5-14-6-9(12(16)17)2-3-11(14)15/h2-3,6-7H,4-5H2,1H3,(H,16,17). The number of aromatic carboxylic acids is 1. The van der Waals surface area contributed by atoms with Crippen LogP contribution in [0, 0.1) is 6.92 Å². The van der Waals surface area contributed by atoms with E-state index in [1.54, 1.807) is 11.3 Å². The molecule has 2 aromatic heterocycles. The molecule has 2 rings (SSSR count). The highest BCUT2D eigenvalue weighted by Crippen LogP contribution is 2.09. The molecule has 0 saturated heterocycles. The van der Waals surface area contributed by atoms with Crippen LogP contribution in [0.1, 0.15) is 21.1 Å². The van der Waals surface area contributed by atoms with Gasteiger partial charge in [-0.05, 0) is 13.0 Å². The maximum atomic E-state index is 11.6. The van der Waals surface area contributed by atoms with Crippen LogP contribution < -0.4 is 5.56 Å². The van der Waals surface area contributed by atoms with Crippen molar-refractivity contribution in [2.45, 2.75) is 19.9 Å². The predicted molar refractivity (Wildman–Crippen MR) is 68.2 cm³/mol. The molecular formula is C12H12N2O3S. The van der Waals surface area contributed by atoms with Gasteiger partial charge < -0.3 is 9.67 Å². The van der Waals surface area contributed by atoms with Crippen LogP contribution in [-0.4, -0.2) is 20.6 Å². The van der Waals surface area contributed by atoms with Crippen LogP contribution in [0.25, 0.3) is 0 Å². The maximum Gasteiger partial charge on any atom is 0.337 e. The van der Waals surface area contributed by atoms with Crippen molar-refractivity contribution in [3.05, 3.63) is 50.3 Å². The number of aryl methyl sites for hydroxylation is 3. The van der Waals surface area contributed by atoms with Crippen LogP contribution in [0.15, 0.2) is 28.5 Å². The van der Waals surface area contributed by atoms with E-state index in [2.05, 4.69) is 4.98 Å². The fourth-order valence-corrected chi connectivity index (χ4v) is 2.24. The summed E-state index contributed by atoms with van der Waals surface area (Å²) in [4.78, 5) is 26.7. The molecule has 1 N–H and O–H groups in total. The number of rotatable bonds is 4. The molecule has 18 heavy (non-hydrogen) atoms. The predicted octanol–water partition coefficient (Wildman–Crippen LogP) is 1.55. The summed E-state index contributed by atoms with van der Waals surface area (Å²) in [5.41, 5.74) is 0.834. The van der Waals surface area contributed by atoms with Crippen LogP contribution in [0.2, 0.25) is 0 Å². The van der Waals surface area contributed by atoms with E-state index >= 15 is 0 Å². The number of thiazole rings is 1. The number of aromatic nitrogens is 2. The summed E-state index contributed by atoms with van der Waals surface area (Å²) >= 11 is 1.56. The van der Waals surface area contributed by atoms with Gasteiger partial charge in [-0.15, -0.1) is 11.3 Å². The van der Waals surface area contributed by atoms with Crippen molar-refractivity contribution >= 4 is 17.3 Å². The molecule has 6 heteroatoms. The topological polar surface area (TPSA) is 72.2 Å². The highest BCUT2D eigenvalue weighted by atomic mass is 32.1. The summed E-state index contributed by atoms with van der Waals surface area (Å²) in [6.07, 6.45) is 1.98. The highest BCUT2D eigenvalue weighted by Gasteiger charge is 2.06. The molecule has 2 heterocycles. The molecule has 0 aliphatic carbocycles. The normalized spacial score (nSPS) is 10.5. The Morgan fingerprint density at radius 2 is 2.28 bits per heavy atom. The van der Waals surface area contributed by atoms with Gasteiger partial charge in [0.15, 0.2) is 0 Å². The molecule has 0 amide bonds. The molecule has 0 aromatic carbocycles. The van der Waals surface area contributed by atoms with Gasteiger partial charge in [-0.1, -0.05) is 0 Å². The average molecular weight is 264 g/mol. The van der Waals surface area contributed by atoms with E-state index in [-0.39, 0.29) is 11.1 Å². The Balaban J connectivity index is 2.16. The molecule has 0 aliphatic heterocycles. The van der Waals surface area contributed by atoms with Gasteiger partial charge in [0.05, 0.1) is 16.3 Å². The van der Waals surface area contributed by atoms with Crippen molar-refractivity contribution in [3.8, 4) is 0 Å². The van der Waals surface area contributed by atoms with Crippen LogP contribution in [-0.2, 0) is 13.0 Å². The van der Waals surface area contributed by atoms with Crippen LogP contribution in [0.4, 0.5) is 0 Å². The summed E-state index contributed by atoms with van der Waals surface area (Å²) < 4.78 is 1.40. The van der Waals surface area contributed by atoms with E-state index in [0.717, 1.165) is 10.7 Å². The number of nitrogens with zero attached hydrogens (tertiary/aromatic N) is 2. The molecule has 0 bridgehead atoms. The van der Waals surface area contributed by atoms with E-state index in [9.17, 15) is 9.59 Å². The Labute approximate surface area is 107 Å². The van der Waals surface area contributed by atoms with Crippen molar-refractivity contribution in [1.82, 2.24) is 9.55 Å². The molecule has 0 spiro atoms. The Morgan fingerprint density at radius 1 is 1.50 bits per heavy atom. The molecule has 94 valence electrons. The van der Waals surface area contributed by atoms with E-state index in [1.807, 2.05) is 12.3 Å². The molecule has 0 unspecified atom stereocenters. The zero-order valence-corrected chi connectivity index (χ0v) is 10.6. The zero-order valence-electron chi connectivity index (χ0n) is 9.79. The molecule has 5 nitrogen and oxygen atoms in total. The minimum absolute atomic E-state index is 0.115. The number of carboxylic acid groups (broad SMARTS) is 1. The third-order valence-corrected chi connectivity index (χ3v) is 3.33. The second kappa shape index (κ2) is 5.14. The molecule has 0 atom stereocenters. The van der Waals surface area contributed by atoms with Gasteiger partial charge in [0.25, 0.3) is 5.56 Å². The largest absolute Gasteiger partial charge is 0.478 e. The third-order valence-electron chi connectivity index (χ3n) is 2.51. The van der Waals surface area contributed by atoms with Crippen molar-refractivity contribution < 1.29 is 9.90 Å². The van der Waals surface area contributed by atoms with E-state index in [4.69, 9.17) is 5.11 Å². The van der Waals surface area contributed by atoms with Gasteiger partial charge in [-0.2, -0.15) is 0 Å². The lowest BCUT2D eigenvalue weighted by Crippen LogP contribution is -2.21. The summed E-state index contributed by atoms with van der Waals surface area (Å²) in [6, 6.07) is 2.59. The average Bonchev–Trinajstić information content (AvgIpc) is 2.74. The van der Waals surface area contributed by atoms with Gasteiger partial charge >= 0.3 is 5.97 Å². The molecular weight excluding hydrogens is 252 g/mol. The van der Waals surface area contributed by atoms with Crippen LogP contribution in [0.5, 0.6) is 0 Å². The van der Waals surface area contributed by atoms with Crippen LogP contribution in [0.3, 0.4) is 0 Å². The monoisotopic (exact) mass is 264 g/mol. The fraction of sp³-hybridized carbons (Fsp3) is 0.250. The minimum Gasteiger partial charge on any atom is -0.478 e. The molecule has 0 saturated carbocycles. The van der Waals surface area contributed by atoms with E-state index < -0.39 is 5.97 Å². The van der Waals surface area contributed by atoms with Crippen molar-refractivity contribution in [2.75, 3.05) is 0 Å². The summed E-state index contributed by atoms with van der Waals surface area (Å²) in [5.74, 6) is -1.03. The number of hydrogen-bond acceptors (Lipinski definition) is 4. The SMILES string of the molecule is Cc1nc(CCn2cc(C(=O)O)ccc2=O)cs1. The summed E-state index contributed by atoms with van der Waals surface area (Å²) in [6.45, 7) is 2.36. The number of carboxylic acids is 1. The Kier molecular flexibility index (Phi) is 3.57. The fourth-order valence-electron chi connectivity index (χ4n) is 1.59. The zero-order chi connectivity index (χ0) is 13.1. The number of hydrogen-bond donors (Lipinski definition) is 1. The molecule has 2 aromatic rings. The summed E-state index contributed by atoms with van der Waals surface area (Å²) in [5, 5.41) is 11.8. The molecule has 0 aliphatic rings. The first-order valence-corrected chi connectivity index (χ1v) is 6.29. The maximum absolute atomic E-state index is 11.6. The number of carbonyl (C=O) groups is 1. The minimum atomic E-state index is -1.03. The van der Waals surface area contributed by atoms with Gasteiger partial charge in [-0.3, -0.25) is 4.79 Å². The quantitative estimate of drug-likeness (QED) is 0.909. The second-order valence-electron chi connectivity index (χ2n) is 3.86. The van der Waals surface area contributed by atoms with Crippen LogP contribution >= 0.6 is 11.3 Å². The van der Waals surface area contributed by atoms with Gasteiger partial charge in [-0.25, -0.2) is 9.78 Å². The van der Waals surface area contributed by atoms with E-state index in [0.29, 0.717) is 13.0 Å². The lowest BCUT2D eigenvalue weighted by molar-refractivity contribution is 0.0696. The second-order valence-corrected chi connectivity index (χ2v) is 4.92. The van der Waals surface area contributed by atoms with Gasteiger partial charge in [0, 0.05) is 30.6 Å². The lowest BCUT2D eigenvalue weighted by atomic mass is 10.2. The smallest absolute Gasteiger partial charge is 0.337 e. The highest BCUT2D eigenvalue weighted by molar-refractivity contribution is 7.09. The van der Waals surface area contributed by atoms with Gasteiger partial charge in [0.1, 0.15) is 0 Å². The third kappa shape index (κ3) is 2.84. The van der Waals surface area contributed by atoms with Crippen molar-refractivity contribution in [3.63, 3.8) is 0 Å². The lowest BCUT2D eigenvalue weighted by Gasteiger charge is -2.04. The first-order chi connectivity index (χ1) is 8.56. The first-order valence-electron chi connectivity index (χ1n) is 5.41. The van der Waals surface area contributed by atoms with Crippen molar-refractivity contribution in [1.29, 1.82) is 0 Å². The van der Waals surface area contributed by atoms with E-state index in [1.165, 1.54) is 22.9 Å². The number of pyridine rings is 1. The summed E-state index contributed by atoms with van der Waals surface area (Å²) in [7, 11) is 0. The van der Waals surface area contributed by atoms with Gasteiger partial charge in [0.2, 0.25) is 0 Å². The Hall–Kier alpha value is -1.95. The Morgan fingerprint density at radius 3 is 2.89 bits per heavy atom. The Bertz CT molecular complexity index is 630. The first kappa shape index (κ1) is 12.5. The molecule has 0 fully saturated rings.